The van der Waals surface area contributed by atoms with E-state index in [1.54, 1.807) is 35.3 Å². The number of nitrogens with one attached hydrogen (secondary N) is 1. The Kier molecular flexibility index (Phi) is 4.86. The van der Waals surface area contributed by atoms with Gasteiger partial charge in [0.25, 0.3) is 0 Å². The number of aryl methyl sites for hydroxylation is 1. The summed E-state index contributed by atoms with van der Waals surface area (Å²) in [6.45, 7) is 4.14. The summed E-state index contributed by atoms with van der Waals surface area (Å²) in [5.74, 6) is 0.817. The zero-order valence-electron chi connectivity index (χ0n) is 19.1. The molecule has 0 unspecified atom stereocenters. The third-order valence-electron chi connectivity index (χ3n) is 6.58. The molecule has 10 nitrogen and oxygen atoms in total. The van der Waals surface area contributed by atoms with E-state index < -0.39 is 15.6 Å². The van der Waals surface area contributed by atoms with Crippen LogP contribution in [0.2, 0.25) is 0 Å². The molecule has 1 N–H and O–H groups in total. The lowest BCUT2D eigenvalue weighted by atomic mass is 9.89. The molecule has 0 aliphatic carbocycles. The van der Waals surface area contributed by atoms with Crippen molar-refractivity contribution in [3.63, 3.8) is 0 Å². The van der Waals surface area contributed by atoms with E-state index in [9.17, 15) is 13.7 Å². The molecule has 5 aromatic heterocycles. The Morgan fingerprint density at radius 3 is 2.80 bits per heavy atom. The van der Waals surface area contributed by atoms with Crippen molar-refractivity contribution in [2.45, 2.75) is 25.8 Å². The zero-order valence-corrected chi connectivity index (χ0v) is 20.8. The molecule has 1 fully saturated rings. The molecular formula is C23H22N8O2S2. The summed E-state index contributed by atoms with van der Waals surface area (Å²) in [6, 6.07) is 8.32. The van der Waals surface area contributed by atoms with Crippen LogP contribution < -0.4 is 0 Å². The summed E-state index contributed by atoms with van der Waals surface area (Å²) in [7, 11) is -3.32. The first-order chi connectivity index (χ1) is 16.8. The van der Waals surface area contributed by atoms with E-state index in [-0.39, 0.29) is 25.3 Å². The molecule has 0 atom stereocenters. The van der Waals surface area contributed by atoms with Crippen LogP contribution in [0.25, 0.3) is 38.5 Å². The summed E-state index contributed by atoms with van der Waals surface area (Å²) in [5, 5.41) is 15.1. The molecule has 1 aliphatic rings. The number of rotatable bonds is 6. The van der Waals surface area contributed by atoms with Gasteiger partial charge in [0.2, 0.25) is 10.0 Å². The molecule has 0 aromatic carbocycles. The summed E-state index contributed by atoms with van der Waals surface area (Å²) < 4.78 is 29.9. The normalized spacial score (nSPS) is 16.0. The minimum Gasteiger partial charge on any atom is -0.346 e. The second kappa shape index (κ2) is 7.74. The van der Waals surface area contributed by atoms with E-state index in [1.165, 1.54) is 9.18 Å². The number of hydrogen-bond donors (Lipinski definition) is 1. The van der Waals surface area contributed by atoms with Crippen molar-refractivity contribution < 1.29 is 8.42 Å². The van der Waals surface area contributed by atoms with Crippen molar-refractivity contribution >= 4 is 43.4 Å². The number of nitrogens with zero attached hydrogens (tertiary/aromatic N) is 7. The van der Waals surface area contributed by atoms with Gasteiger partial charge >= 0.3 is 0 Å². The number of aromatic nitrogens is 6. The fourth-order valence-electron chi connectivity index (χ4n) is 4.70. The number of hydrogen-bond acceptors (Lipinski definition) is 7. The Morgan fingerprint density at radius 1 is 1.26 bits per heavy atom. The van der Waals surface area contributed by atoms with E-state index in [0.29, 0.717) is 0 Å². The third kappa shape index (κ3) is 3.30. The highest BCUT2D eigenvalue weighted by Gasteiger charge is 2.49. The highest BCUT2D eigenvalue weighted by molar-refractivity contribution is 7.89. The Hall–Kier alpha value is -3.53. The van der Waals surface area contributed by atoms with Gasteiger partial charge in [-0.1, -0.05) is 0 Å². The van der Waals surface area contributed by atoms with Crippen molar-refractivity contribution in [1.82, 2.24) is 33.6 Å². The van der Waals surface area contributed by atoms with Crippen LogP contribution in [0.1, 0.15) is 18.2 Å². The van der Waals surface area contributed by atoms with Gasteiger partial charge in [-0.25, -0.2) is 18.4 Å². The lowest BCUT2D eigenvalue weighted by Crippen LogP contribution is -2.64. The summed E-state index contributed by atoms with van der Waals surface area (Å²) in [5.41, 5.74) is 2.53. The molecule has 0 radical (unpaired) electrons. The molecule has 1 saturated heterocycles. The summed E-state index contributed by atoms with van der Waals surface area (Å²) in [6.07, 6.45) is 7.41. The number of sulfonamides is 1. The van der Waals surface area contributed by atoms with Crippen LogP contribution in [-0.4, -0.2) is 60.9 Å². The van der Waals surface area contributed by atoms with Gasteiger partial charge in [-0.3, -0.25) is 9.25 Å². The molecule has 0 saturated carbocycles. The van der Waals surface area contributed by atoms with Crippen LogP contribution in [0, 0.1) is 18.3 Å². The fraction of sp³-hybridized carbons (Fsp3) is 0.304. The van der Waals surface area contributed by atoms with E-state index in [4.69, 9.17) is 4.98 Å². The average molecular weight is 507 g/mol. The van der Waals surface area contributed by atoms with Gasteiger partial charge in [0.05, 0.1) is 46.7 Å². The topological polar surface area (TPSA) is 125 Å². The highest BCUT2D eigenvalue weighted by atomic mass is 32.2. The summed E-state index contributed by atoms with van der Waals surface area (Å²) >= 11 is 1.66. The monoisotopic (exact) mass is 506 g/mol. The number of aromatic amines is 1. The molecule has 6 heterocycles. The fourth-order valence-corrected chi connectivity index (χ4v) is 6.79. The van der Waals surface area contributed by atoms with E-state index >= 15 is 0 Å². The molecule has 1 aliphatic heterocycles. The van der Waals surface area contributed by atoms with Crippen molar-refractivity contribution in [3.05, 3.63) is 47.9 Å². The Labute approximate surface area is 205 Å². The number of imidazole rings is 1. The maximum absolute atomic E-state index is 12.3. The predicted octanol–water partition coefficient (Wildman–Crippen LogP) is 3.41. The largest absolute Gasteiger partial charge is 0.346 e. The second-order valence-corrected chi connectivity index (χ2v) is 12.3. The number of fused-ring (bicyclic) bond motifs is 3. The SMILES string of the molecule is CCS(=O)(=O)N1CC(CC#N)(n2cc(-n3c(-c4ccc(C)s4)nc4cnc5[nH]ccc5c43)cn2)C1. The molecule has 35 heavy (non-hydrogen) atoms. The minimum atomic E-state index is -3.32. The second-order valence-electron chi connectivity index (χ2n) is 8.78. The van der Waals surface area contributed by atoms with Gasteiger partial charge in [-0.2, -0.15) is 14.7 Å². The van der Waals surface area contributed by atoms with Crippen molar-refractivity contribution in [2.75, 3.05) is 18.8 Å². The molecular weight excluding hydrogens is 484 g/mol. The van der Waals surface area contributed by atoms with Gasteiger partial charge in [-0.05, 0) is 32.0 Å². The van der Waals surface area contributed by atoms with E-state index in [2.05, 4.69) is 44.8 Å². The van der Waals surface area contributed by atoms with Crippen molar-refractivity contribution in [2.24, 2.45) is 0 Å². The maximum Gasteiger partial charge on any atom is 0.213 e. The average Bonchev–Trinajstić information content (AvgIpc) is 3.59. The first-order valence-corrected chi connectivity index (χ1v) is 13.6. The van der Waals surface area contributed by atoms with Gasteiger partial charge in [-0.15, -0.1) is 11.3 Å². The third-order valence-corrected chi connectivity index (χ3v) is 9.35. The standard InChI is InChI=1S/C23H22N8O2S2/c1-3-35(32,33)29-13-23(14-29,7-8-24)30-12-16(10-27-30)31-20-17-6-9-25-21(17)26-11-18(20)28-22(31)19-5-4-15(2)34-19/h4-6,9-12H,3,7,13-14H2,1-2H3,(H,25,26). The van der Waals surface area contributed by atoms with Gasteiger partial charge in [0.15, 0.2) is 5.82 Å². The quantitative estimate of drug-likeness (QED) is 0.376. The van der Waals surface area contributed by atoms with Gasteiger partial charge < -0.3 is 4.98 Å². The van der Waals surface area contributed by atoms with Crippen LogP contribution in [-0.2, 0) is 15.6 Å². The predicted molar refractivity (Wildman–Crippen MR) is 134 cm³/mol. The first-order valence-electron chi connectivity index (χ1n) is 11.2. The van der Waals surface area contributed by atoms with Gasteiger partial charge in [0.1, 0.15) is 16.7 Å². The van der Waals surface area contributed by atoms with E-state index in [1.807, 2.05) is 18.5 Å². The number of pyridine rings is 1. The van der Waals surface area contributed by atoms with Crippen LogP contribution in [0.3, 0.4) is 0 Å². The lowest BCUT2D eigenvalue weighted by molar-refractivity contribution is 0.0718. The number of nitriles is 1. The van der Waals surface area contributed by atoms with Crippen LogP contribution >= 0.6 is 11.3 Å². The number of H-pyrrole nitrogens is 1. The van der Waals surface area contributed by atoms with E-state index in [0.717, 1.165) is 38.5 Å². The van der Waals surface area contributed by atoms with Crippen molar-refractivity contribution in [3.8, 4) is 22.5 Å². The highest BCUT2D eigenvalue weighted by Crippen LogP contribution is 2.38. The maximum atomic E-state index is 12.3. The smallest absolute Gasteiger partial charge is 0.213 e. The molecule has 12 heteroatoms. The molecule has 0 spiro atoms. The van der Waals surface area contributed by atoms with Gasteiger partial charge in [0, 0.05) is 35.7 Å². The Balaban J connectivity index is 1.51. The van der Waals surface area contributed by atoms with Crippen LogP contribution in [0.4, 0.5) is 0 Å². The first kappa shape index (κ1) is 22.0. The Morgan fingerprint density at radius 2 is 2.09 bits per heavy atom. The molecule has 5 aromatic rings. The van der Waals surface area contributed by atoms with Crippen molar-refractivity contribution in [1.29, 1.82) is 5.26 Å². The van der Waals surface area contributed by atoms with Crippen LogP contribution in [0.5, 0.6) is 0 Å². The number of thiophene rings is 1. The lowest BCUT2D eigenvalue weighted by Gasteiger charge is -2.47. The minimum absolute atomic E-state index is 0.0330. The summed E-state index contributed by atoms with van der Waals surface area (Å²) in [4.78, 5) is 14.8. The van der Waals surface area contributed by atoms with Crippen LogP contribution in [0.15, 0.2) is 43.0 Å². The zero-order chi connectivity index (χ0) is 24.4. The molecule has 6 rings (SSSR count). The molecule has 0 amide bonds. The Bertz CT molecular complexity index is 1730. The molecule has 0 bridgehead atoms. The molecule has 178 valence electrons.